The quantitative estimate of drug-likeness (QED) is 0.930. The van der Waals surface area contributed by atoms with Crippen molar-refractivity contribution in [2.24, 2.45) is 5.73 Å². The minimum Gasteiger partial charge on any atom is -0.320 e. The SMILES string of the molecule is CCn1cc(C(N)c2cccc(Cl)c2Cl)cn1. The molecule has 1 atom stereocenters. The van der Waals surface area contributed by atoms with Crippen LogP contribution in [0.3, 0.4) is 0 Å². The number of nitrogens with two attached hydrogens (primary N) is 1. The van der Waals surface area contributed by atoms with Crippen LogP contribution in [0.4, 0.5) is 0 Å². The Balaban J connectivity index is 2.36. The van der Waals surface area contributed by atoms with Crippen LogP contribution in [0.5, 0.6) is 0 Å². The number of hydrogen-bond donors (Lipinski definition) is 1. The highest BCUT2D eigenvalue weighted by atomic mass is 35.5. The molecule has 17 heavy (non-hydrogen) atoms. The number of aryl methyl sites for hydroxylation is 1. The topological polar surface area (TPSA) is 43.8 Å². The van der Waals surface area contributed by atoms with Gasteiger partial charge in [-0.1, -0.05) is 35.3 Å². The van der Waals surface area contributed by atoms with E-state index in [2.05, 4.69) is 5.10 Å². The van der Waals surface area contributed by atoms with Gasteiger partial charge in [0.05, 0.1) is 22.3 Å². The van der Waals surface area contributed by atoms with Crippen LogP contribution in [-0.2, 0) is 6.54 Å². The Morgan fingerprint density at radius 3 is 2.82 bits per heavy atom. The molecule has 1 unspecified atom stereocenters. The van der Waals surface area contributed by atoms with Gasteiger partial charge < -0.3 is 5.73 Å². The summed E-state index contributed by atoms with van der Waals surface area (Å²) >= 11 is 12.1. The lowest BCUT2D eigenvalue weighted by Gasteiger charge is -2.12. The predicted molar refractivity (Wildman–Crippen MR) is 70.4 cm³/mol. The standard InChI is InChI=1S/C12H13Cl2N3/c1-2-17-7-8(6-16-17)12(15)9-4-3-5-10(13)11(9)14/h3-7,12H,2,15H2,1H3. The van der Waals surface area contributed by atoms with Gasteiger partial charge in [-0.05, 0) is 18.6 Å². The fraction of sp³-hybridized carbons (Fsp3) is 0.250. The molecule has 5 heteroatoms. The zero-order chi connectivity index (χ0) is 12.4. The number of hydrogen-bond acceptors (Lipinski definition) is 2. The fourth-order valence-electron chi connectivity index (χ4n) is 1.65. The summed E-state index contributed by atoms with van der Waals surface area (Å²) in [6, 6.07) is 5.16. The molecule has 0 aliphatic rings. The van der Waals surface area contributed by atoms with Crippen molar-refractivity contribution in [3.63, 3.8) is 0 Å². The van der Waals surface area contributed by atoms with Gasteiger partial charge in [0, 0.05) is 18.3 Å². The highest BCUT2D eigenvalue weighted by Gasteiger charge is 2.15. The molecule has 1 aromatic carbocycles. The zero-order valence-electron chi connectivity index (χ0n) is 9.40. The van der Waals surface area contributed by atoms with Gasteiger partial charge in [0.25, 0.3) is 0 Å². The normalized spacial score (nSPS) is 12.7. The summed E-state index contributed by atoms with van der Waals surface area (Å²) in [4.78, 5) is 0. The number of rotatable bonds is 3. The first-order valence-electron chi connectivity index (χ1n) is 5.35. The van der Waals surface area contributed by atoms with Crippen LogP contribution in [0.2, 0.25) is 10.0 Å². The molecule has 0 aliphatic carbocycles. The minimum atomic E-state index is -0.304. The van der Waals surface area contributed by atoms with Gasteiger partial charge in [0.15, 0.2) is 0 Å². The van der Waals surface area contributed by atoms with E-state index in [1.165, 1.54) is 0 Å². The average Bonchev–Trinajstić information content (AvgIpc) is 2.80. The maximum absolute atomic E-state index is 6.16. The summed E-state index contributed by atoms with van der Waals surface area (Å²) < 4.78 is 1.83. The number of halogens is 2. The van der Waals surface area contributed by atoms with Crippen molar-refractivity contribution < 1.29 is 0 Å². The molecule has 0 amide bonds. The van der Waals surface area contributed by atoms with Crippen molar-refractivity contribution in [2.45, 2.75) is 19.5 Å². The van der Waals surface area contributed by atoms with Crippen LogP contribution < -0.4 is 5.73 Å². The summed E-state index contributed by atoms with van der Waals surface area (Å²) in [6.45, 7) is 2.84. The second-order valence-corrected chi connectivity index (χ2v) is 4.54. The molecular formula is C12H13Cl2N3. The molecule has 0 spiro atoms. The van der Waals surface area contributed by atoms with E-state index < -0.39 is 0 Å². The molecular weight excluding hydrogens is 257 g/mol. The number of nitrogens with zero attached hydrogens (tertiary/aromatic N) is 2. The molecule has 0 radical (unpaired) electrons. The lowest BCUT2D eigenvalue weighted by molar-refractivity contribution is 0.658. The highest BCUT2D eigenvalue weighted by Crippen LogP contribution is 2.31. The molecule has 0 saturated carbocycles. The van der Waals surface area contributed by atoms with E-state index in [-0.39, 0.29) is 6.04 Å². The van der Waals surface area contributed by atoms with E-state index in [9.17, 15) is 0 Å². The van der Waals surface area contributed by atoms with E-state index in [4.69, 9.17) is 28.9 Å². The molecule has 90 valence electrons. The van der Waals surface area contributed by atoms with Crippen LogP contribution in [-0.4, -0.2) is 9.78 Å². The van der Waals surface area contributed by atoms with E-state index in [1.54, 1.807) is 12.3 Å². The summed E-state index contributed by atoms with van der Waals surface area (Å²) in [7, 11) is 0. The lowest BCUT2D eigenvalue weighted by Crippen LogP contribution is -2.11. The second-order valence-electron chi connectivity index (χ2n) is 3.75. The molecule has 1 heterocycles. The van der Waals surface area contributed by atoms with Gasteiger partial charge >= 0.3 is 0 Å². The molecule has 0 saturated heterocycles. The Morgan fingerprint density at radius 2 is 2.18 bits per heavy atom. The van der Waals surface area contributed by atoms with Gasteiger partial charge in [-0.3, -0.25) is 4.68 Å². The fourth-order valence-corrected chi connectivity index (χ4v) is 2.08. The predicted octanol–water partition coefficient (Wildman–Crippen LogP) is 3.26. The Kier molecular flexibility index (Phi) is 3.72. The Hall–Kier alpha value is -1.03. The summed E-state index contributed by atoms with van der Waals surface area (Å²) in [5.74, 6) is 0. The van der Waals surface area contributed by atoms with Crippen molar-refractivity contribution in [3.05, 3.63) is 51.8 Å². The molecule has 0 bridgehead atoms. The van der Waals surface area contributed by atoms with Crippen molar-refractivity contribution in [1.82, 2.24) is 9.78 Å². The van der Waals surface area contributed by atoms with Crippen LogP contribution in [0.15, 0.2) is 30.6 Å². The number of aromatic nitrogens is 2. The third kappa shape index (κ3) is 2.46. The maximum Gasteiger partial charge on any atom is 0.0643 e. The minimum absolute atomic E-state index is 0.304. The molecule has 2 rings (SSSR count). The van der Waals surface area contributed by atoms with Crippen molar-refractivity contribution >= 4 is 23.2 Å². The molecule has 2 N–H and O–H groups in total. The van der Waals surface area contributed by atoms with Crippen LogP contribution >= 0.6 is 23.2 Å². The first-order valence-corrected chi connectivity index (χ1v) is 6.11. The Bertz CT molecular complexity index is 522. The van der Waals surface area contributed by atoms with Gasteiger partial charge in [0.2, 0.25) is 0 Å². The third-order valence-electron chi connectivity index (χ3n) is 2.65. The van der Waals surface area contributed by atoms with Gasteiger partial charge in [0.1, 0.15) is 0 Å². The Labute approximate surface area is 110 Å². The first kappa shape index (κ1) is 12.4. The van der Waals surface area contributed by atoms with E-state index >= 15 is 0 Å². The van der Waals surface area contributed by atoms with Crippen molar-refractivity contribution in [1.29, 1.82) is 0 Å². The van der Waals surface area contributed by atoms with Crippen molar-refractivity contribution in [2.75, 3.05) is 0 Å². The largest absolute Gasteiger partial charge is 0.320 e. The summed E-state index contributed by atoms with van der Waals surface area (Å²) in [5.41, 5.74) is 7.90. The lowest BCUT2D eigenvalue weighted by atomic mass is 10.0. The smallest absolute Gasteiger partial charge is 0.0643 e. The average molecular weight is 270 g/mol. The van der Waals surface area contributed by atoms with Gasteiger partial charge in [-0.15, -0.1) is 0 Å². The second kappa shape index (κ2) is 5.08. The molecule has 0 fully saturated rings. The number of benzene rings is 1. The summed E-state index contributed by atoms with van der Waals surface area (Å²) in [6.07, 6.45) is 3.67. The molecule has 2 aromatic rings. The highest BCUT2D eigenvalue weighted by molar-refractivity contribution is 6.42. The van der Waals surface area contributed by atoms with Crippen LogP contribution in [0.25, 0.3) is 0 Å². The van der Waals surface area contributed by atoms with E-state index in [1.807, 2.05) is 29.9 Å². The van der Waals surface area contributed by atoms with Gasteiger partial charge in [-0.2, -0.15) is 5.10 Å². The Morgan fingerprint density at radius 1 is 1.41 bits per heavy atom. The molecule has 1 aromatic heterocycles. The van der Waals surface area contributed by atoms with Crippen LogP contribution in [0, 0.1) is 0 Å². The van der Waals surface area contributed by atoms with E-state index in [0.717, 1.165) is 17.7 Å². The first-order chi connectivity index (χ1) is 8.13. The van der Waals surface area contributed by atoms with Crippen molar-refractivity contribution in [3.8, 4) is 0 Å². The summed E-state index contributed by atoms with van der Waals surface area (Å²) in [5, 5.41) is 5.22. The molecule has 3 nitrogen and oxygen atoms in total. The zero-order valence-corrected chi connectivity index (χ0v) is 10.9. The molecule has 0 aliphatic heterocycles. The third-order valence-corrected chi connectivity index (χ3v) is 3.49. The van der Waals surface area contributed by atoms with E-state index in [0.29, 0.717) is 10.0 Å². The van der Waals surface area contributed by atoms with Gasteiger partial charge in [-0.25, -0.2) is 0 Å². The maximum atomic E-state index is 6.16. The van der Waals surface area contributed by atoms with Crippen LogP contribution in [0.1, 0.15) is 24.1 Å². The monoisotopic (exact) mass is 269 g/mol.